The molecule has 3 amide bonds. The lowest BCUT2D eigenvalue weighted by atomic mass is 9.75. The zero-order valence-corrected chi connectivity index (χ0v) is 28.7. The summed E-state index contributed by atoms with van der Waals surface area (Å²) in [6.45, 7) is 3.22. The first-order valence-electron chi connectivity index (χ1n) is 16.6. The van der Waals surface area contributed by atoms with Crippen molar-refractivity contribution in [1.29, 1.82) is 0 Å². The number of fused-ring (bicyclic) bond motifs is 2. The van der Waals surface area contributed by atoms with Crippen LogP contribution in [0.5, 0.6) is 23.0 Å². The van der Waals surface area contributed by atoms with Crippen molar-refractivity contribution in [3.8, 4) is 34.1 Å². The third-order valence-corrected chi connectivity index (χ3v) is 9.96. The maximum atomic E-state index is 14.4. The van der Waals surface area contributed by atoms with E-state index in [4.69, 9.17) is 14.2 Å². The third kappa shape index (κ3) is 6.43. The van der Waals surface area contributed by atoms with Gasteiger partial charge < -0.3 is 40.2 Å². The number of anilines is 3. The van der Waals surface area contributed by atoms with E-state index in [0.29, 0.717) is 72.6 Å². The zero-order valence-electron chi connectivity index (χ0n) is 28.7. The number of carbonyl (C=O) groups excluding carboxylic acids is 2. The van der Waals surface area contributed by atoms with Gasteiger partial charge in [0.25, 0.3) is 0 Å². The lowest BCUT2D eigenvalue weighted by molar-refractivity contribution is -0.137. The summed E-state index contributed by atoms with van der Waals surface area (Å²) < 4.78 is 60.1. The molecule has 1 saturated heterocycles. The van der Waals surface area contributed by atoms with Gasteiger partial charge in [-0.25, -0.2) is 4.79 Å². The van der Waals surface area contributed by atoms with Crippen molar-refractivity contribution in [1.82, 2.24) is 10.2 Å². The minimum absolute atomic E-state index is 0.0140. The van der Waals surface area contributed by atoms with Crippen LogP contribution in [0.4, 0.5) is 35.0 Å². The van der Waals surface area contributed by atoms with Gasteiger partial charge >= 0.3 is 12.2 Å². The van der Waals surface area contributed by atoms with Gasteiger partial charge in [0.15, 0.2) is 23.0 Å². The van der Waals surface area contributed by atoms with Crippen molar-refractivity contribution in [2.75, 3.05) is 63.5 Å². The maximum Gasteiger partial charge on any atom is 0.418 e. The zero-order chi connectivity index (χ0) is 35.9. The molecule has 0 bridgehead atoms. The van der Waals surface area contributed by atoms with Crippen LogP contribution in [-0.4, -0.2) is 76.0 Å². The van der Waals surface area contributed by atoms with Crippen LogP contribution in [0.15, 0.2) is 30.3 Å². The quantitative estimate of drug-likeness (QED) is 0.202. The number of carbonyl (C=O) groups is 2. The number of amides is 3. The number of nitrogens with one attached hydrogen (secondary N) is 3. The predicted molar refractivity (Wildman–Crippen MR) is 184 cm³/mol. The molecule has 0 spiro atoms. The number of hydrogen-bond acceptors (Lipinski definition) is 8. The summed E-state index contributed by atoms with van der Waals surface area (Å²) in [4.78, 5) is 29.1. The minimum atomic E-state index is -4.68. The van der Waals surface area contributed by atoms with Gasteiger partial charge in [-0.2, -0.15) is 13.2 Å². The highest BCUT2D eigenvalue weighted by Crippen LogP contribution is 2.57. The van der Waals surface area contributed by atoms with E-state index in [9.17, 15) is 27.9 Å². The van der Waals surface area contributed by atoms with Crippen molar-refractivity contribution in [2.45, 2.75) is 57.3 Å². The van der Waals surface area contributed by atoms with Crippen LogP contribution in [0.1, 0.15) is 54.5 Å². The number of likely N-dealkylation sites (N-methyl/N-ethyl adjacent to an activating group) is 1. The Morgan fingerprint density at radius 3 is 2.32 bits per heavy atom. The Balaban J connectivity index is 1.31. The fourth-order valence-corrected chi connectivity index (χ4v) is 7.45. The van der Waals surface area contributed by atoms with E-state index in [1.807, 2.05) is 13.1 Å². The van der Waals surface area contributed by atoms with Crippen molar-refractivity contribution < 1.29 is 42.1 Å². The number of piperidine rings is 1. The molecule has 50 heavy (non-hydrogen) atoms. The van der Waals surface area contributed by atoms with Gasteiger partial charge in [-0.3, -0.25) is 9.69 Å². The number of halogens is 3. The average molecular weight is 698 g/mol. The van der Waals surface area contributed by atoms with Crippen LogP contribution in [0, 0.1) is 0 Å². The molecular formula is C36H42F3N5O6. The summed E-state index contributed by atoms with van der Waals surface area (Å²) >= 11 is 0. The number of aromatic hydroxyl groups is 1. The Bertz CT molecular complexity index is 1810. The van der Waals surface area contributed by atoms with E-state index in [1.165, 1.54) is 32.4 Å². The number of hydrogen-bond donors (Lipinski definition) is 4. The molecule has 0 radical (unpaired) electrons. The summed E-state index contributed by atoms with van der Waals surface area (Å²) in [5.41, 5.74) is 3.18. The van der Waals surface area contributed by atoms with Crippen molar-refractivity contribution >= 4 is 29.0 Å². The molecule has 2 aliphatic heterocycles. The standard InChI is InChI=1S/C36H42F3N5O6/c1-6-29(45)40-20-10-13-44(14-11-20)25-8-7-21(16-23(25)36(37,38)39)41-35(47)42-24-18-27(48-3)33(46)31-22(24)17-26-30-19(9-12-43(26)2)15-28(49-4)34(50-5)32(30)31/h7-8,15-16,18,20,26,46H,6,9-14,17H2,1-5H3,(H,40,45)(H2,41,42,47)/t26-/m0/s1. The third-order valence-electron chi connectivity index (χ3n) is 9.96. The number of nitrogens with zero attached hydrogens (tertiary/aromatic N) is 2. The topological polar surface area (TPSA) is 125 Å². The lowest BCUT2D eigenvalue weighted by Crippen LogP contribution is -2.45. The van der Waals surface area contributed by atoms with E-state index in [-0.39, 0.29) is 40.9 Å². The summed E-state index contributed by atoms with van der Waals surface area (Å²) in [6.07, 6.45) is -2.10. The first kappa shape index (κ1) is 35.0. The summed E-state index contributed by atoms with van der Waals surface area (Å²) in [5.74, 6) is 0.822. The first-order valence-corrected chi connectivity index (χ1v) is 16.6. The van der Waals surface area contributed by atoms with E-state index >= 15 is 0 Å². The second-order valence-corrected chi connectivity index (χ2v) is 12.8. The second-order valence-electron chi connectivity index (χ2n) is 12.8. The number of benzene rings is 3. The molecule has 14 heteroatoms. The fraction of sp³-hybridized carbons (Fsp3) is 0.444. The van der Waals surface area contributed by atoms with Crippen LogP contribution in [0.2, 0.25) is 0 Å². The van der Waals surface area contributed by atoms with Crippen LogP contribution in [0.25, 0.3) is 11.1 Å². The van der Waals surface area contributed by atoms with Gasteiger partial charge in [0, 0.05) is 66.7 Å². The number of urea groups is 1. The van der Waals surface area contributed by atoms with E-state index in [2.05, 4.69) is 20.9 Å². The molecule has 0 saturated carbocycles. The number of methoxy groups -OCH3 is 3. The monoisotopic (exact) mass is 697 g/mol. The molecule has 4 N–H and O–H groups in total. The molecule has 3 aliphatic rings. The normalized spacial score (nSPS) is 17.4. The lowest BCUT2D eigenvalue weighted by Gasteiger charge is -2.41. The molecular weight excluding hydrogens is 655 g/mol. The van der Waals surface area contributed by atoms with Crippen LogP contribution >= 0.6 is 0 Å². The number of alkyl halides is 3. The van der Waals surface area contributed by atoms with Gasteiger partial charge in [0.1, 0.15) is 0 Å². The predicted octanol–water partition coefficient (Wildman–Crippen LogP) is 6.33. The van der Waals surface area contributed by atoms with Gasteiger partial charge in [-0.1, -0.05) is 6.92 Å². The Kier molecular flexibility index (Phi) is 9.67. The molecule has 0 unspecified atom stereocenters. The van der Waals surface area contributed by atoms with Crippen molar-refractivity contribution in [3.63, 3.8) is 0 Å². The second kappa shape index (κ2) is 13.8. The average Bonchev–Trinajstić information content (AvgIpc) is 3.10. The minimum Gasteiger partial charge on any atom is -0.504 e. The fourth-order valence-electron chi connectivity index (χ4n) is 7.45. The van der Waals surface area contributed by atoms with E-state index in [0.717, 1.165) is 30.2 Å². The molecule has 1 aliphatic carbocycles. The molecule has 3 aromatic rings. The van der Waals surface area contributed by atoms with Crippen LogP contribution in [0.3, 0.4) is 0 Å². The van der Waals surface area contributed by atoms with Crippen molar-refractivity contribution in [3.05, 3.63) is 52.6 Å². The van der Waals surface area contributed by atoms with E-state index < -0.39 is 17.8 Å². The summed E-state index contributed by atoms with van der Waals surface area (Å²) in [6, 6.07) is 6.24. The molecule has 268 valence electrons. The van der Waals surface area contributed by atoms with Crippen LogP contribution in [-0.2, 0) is 23.8 Å². The number of phenolic OH excluding ortho intramolecular Hbond substituents is 1. The Morgan fingerprint density at radius 1 is 0.960 bits per heavy atom. The first-order chi connectivity index (χ1) is 23.9. The molecule has 2 heterocycles. The SMILES string of the molecule is CCC(=O)NC1CCN(c2ccc(NC(=O)Nc3cc(OC)c(O)c4c3C[C@H]3c5c(cc(OC)c(OC)c5-4)CCN3C)cc2C(F)(F)F)CC1. The maximum absolute atomic E-state index is 14.4. The molecule has 3 aromatic carbocycles. The highest BCUT2D eigenvalue weighted by molar-refractivity contribution is 6.03. The Hall–Kier alpha value is -4.85. The Labute approximate surface area is 288 Å². The van der Waals surface area contributed by atoms with Gasteiger partial charge in [-0.05, 0) is 73.7 Å². The van der Waals surface area contributed by atoms with Gasteiger partial charge in [0.2, 0.25) is 5.91 Å². The smallest absolute Gasteiger partial charge is 0.418 e. The van der Waals surface area contributed by atoms with Crippen molar-refractivity contribution in [2.24, 2.45) is 0 Å². The van der Waals surface area contributed by atoms with Gasteiger partial charge in [0.05, 0.1) is 32.6 Å². The molecule has 0 aromatic heterocycles. The molecule has 11 nitrogen and oxygen atoms in total. The Morgan fingerprint density at radius 2 is 1.68 bits per heavy atom. The number of rotatable bonds is 8. The van der Waals surface area contributed by atoms with Gasteiger partial charge in [-0.15, -0.1) is 0 Å². The van der Waals surface area contributed by atoms with E-state index in [1.54, 1.807) is 18.9 Å². The van der Waals surface area contributed by atoms with Crippen LogP contribution < -0.4 is 35.1 Å². The summed E-state index contributed by atoms with van der Waals surface area (Å²) in [5, 5.41) is 19.8. The molecule has 1 atom stereocenters. The largest absolute Gasteiger partial charge is 0.504 e. The number of phenols is 1. The highest BCUT2D eigenvalue weighted by Gasteiger charge is 2.40. The summed E-state index contributed by atoms with van der Waals surface area (Å²) in [7, 11) is 6.48. The molecule has 1 fully saturated rings. The molecule has 6 rings (SSSR count). The highest BCUT2D eigenvalue weighted by atomic mass is 19.4. The number of ether oxygens (including phenoxy) is 3.